The molecular formula is C19H27FN4O2S. The van der Waals surface area contributed by atoms with Gasteiger partial charge in [0.1, 0.15) is 11.2 Å². The Hall–Kier alpha value is -1.64. The van der Waals surface area contributed by atoms with Crippen molar-refractivity contribution >= 4 is 23.6 Å². The number of benzene rings is 1. The number of likely N-dealkylation sites (N-methyl/N-ethyl adjacent to an activating group) is 1. The van der Waals surface area contributed by atoms with E-state index in [0.29, 0.717) is 25.2 Å². The van der Waals surface area contributed by atoms with Crippen LogP contribution >= 0.6 is 11.8 Å². The Labute approximate surface area is 164 Å². The molecule has 0 saturated carbocycles. The van der Waals surface area contributed by atoms with Crippen LogP contribution in [0.4, 0.5) is 4.39 Å². The van der Waals surface area contributed by atoms with Crippen molar-refractivity contribution in [1.82, 2.24) is 19.6 Å². The summed E-state index contributed by atoms with van der Waals surface area (Å²) in [6.07, 6.45) is 0. The zero-order valence-electron chi connectivity index (χ0n) is 15.9. The number of nitrogens with zero attached hydrogens (tertiary/aromatic N) is 4. The van der Waals surface area contributed by atoms with Crippen LogP contribution in [0.2, 0.25) is 0 Å². The highest BCUT2D eigenvalue weighted by Gasteiger charge is 2.33. The second-order valence-corrected chi connectivity index (χ2v) is 8.36. The van der Waals surface area contributed by atoms with E-state index in [1.165, 1.54) is 6.07 Å². The van der Waals surface area contributed by atoms with Crippen molar-refractivity contribution in [3.05, 3.63) is 35.6 Å². The Kier molecular flexibility index (Phi) is 6.73. The van der Waals surface area contributed by atoms with Gasteiger partial charge >= 0.3 is 0 Å². The average Bonchev–Trinajstić information content (AvgIpc) is 3.13. The minimum Gasteiger partial charge on any atom is -0.348 e. The molecule has 3 rings (SSSR count). The highest BCUT2D eigenvalue weighted by molar-refractivity contribution is 7.99. The van der Waals surface area contributed by atoms with Gasteiger partial charge in [-0.15, -0.1) is 11.8 Å². The summed E-state index contributed by atoms with van der Waals surface area (Å²) < 4.78 is 14.1. The summed E-state index contributed by atoms with van der Waals surface area (Å²) in [6.45, 7) is 4.50. The fraction of sp³-hybridized carbons (Fsp3) is 0.579. The van der Waals surface area contributed by atoms with E-state index in [-0.39, 0.29) is 23.0 Å². The van der Waals surface area contributed by atoms with E-state index in [9.17, 15) is 14.0 Å². The van der Waals surface area contributed by atoms with E-state index < -0.39 is 0 Å². The van der Waals surface area contributed by atoms with Gasteiger partial charge in [0.15, 0.2) is 0 Å². The zero-order valence-corrected chi connectivity index (χ0v) is 16.8. The lowest BCUT2D eigenvalue weighted by Gasteiger charge is -2.35. The summed E-state index contributed by atoms with van der Waals surface area (Å²) in [5, 5.41) is -0.238. The van der Waals surface area contributed by atoms with E-state index in [1.807, 2.05) is 6.07 Å². The third-order valence-electron chi connectivity index (χ3n) is 5.06. The molecule has 2 amide bonds. The fourth-order valence-corrected chi connectivity index (χ4v) is 4.68. The van der Waals surface area contributed by atoms with Crippen LogP contribution in [0, 0.1) is 5.82 Å². The van der Waals surface area contributed by atoms with Crippen molar-refractivity contribution < 1.29 is 14.0 Å². The molecule has 8 heteroatoms. The highest BCUT2D eigenvalue weighted by atomic mass is 32.2. The van der Waals surface area contributed by atoms with Gasteiger partial charge in [-0.3, -0.25) is 19.4 Å². The molecule has 0 bridgehead atoms. The Bertz CT molecular complexity index is 679. The van der Waals surface area contributed by atoms with E-state index >= 15 is 0 Å². The third-order valence-corrected chi connectivity index (χ3v) is 6.31. The molecule has 0 spiro atoms. The molecule has 0 radical (unpaired) electrons. The Balaban J connectivity index is 1.52. The van der Waals surface area contributed by atoms with Crippen LogP contribution in [0.5, 0.6) is 0 Å². The first-order valence-corrected chi connectivity index (χ1v) is 10.3. The molecule has 2 heterocycles. The standard InChI is InChI=1S/C19H27FN4O2S/c1-21(2)17(25)13-22-7-9-23(10-8-22)14-18(26)24-11-12-27-19(24)15-5-3-4-6-16(15)20/h3-6,19H,7-14H2,1-2H3/t19-/m0/s1. The van der Waals surface area contributed by atoms with Crippen molar-refractivity contribution in [2.24, 2.45) is 0 Å². The molecule has 148 valence electrons. The molecule has 0 N–H and O–H groups in total. The lowest BCUT2D eigenvalue weighted by molar-refractivity contribution is -0.134. The van der Waals surface area contributed by atoms with Crippen molar-refractivity contribution in [3.63, 3.8) is 0 Å². The van der Waals surface area contributed by atoms with Gasteiger partial charge in [0.25, 0.3) is 0 Å². The molecule has 2 fully saturated rings. The Morgan fingerprint density at radius 1 is 1.07 bits per heavy atom. The Morgan fingerprint density at radius 2 is 1.70 bits per heavy atom. The topological polar surface area (TPSA) is 47.1 Å². The lowest BCUT2D eigenvalue weighted by Crippen LogP contribution is -2.51. The van der Waals surface area contributed by atoms with Gasteiger partial charge in [0.05, 0.1) is 13.1 Å². The molecule has 6 nitrogen and oxygen atoms in total. The first-order chi connectivity index (χ1) is 13.0. The second kappa shape index (κ2) is 9.03. The molecule has 0 aromatic heterocycles. The summed E-state index contributed by atoms with van der Waals surface area (Å²) in [4.78, 5) is 32.3. The van der Waals surface area contributed by atoms with E-state index in [2.05, 4.69) is 9.80 Å². The van der Waals surface area contributed by atoms with Crippen LogP contribution in [0.15, 0.2) is 24.3 Å². The monoisotopic (exact) mass is 394 g/mol. The predicted octanol–water partition coefficient (Wildman–Crippen LogP) is 1.11. The largest absolute Gasteiger partial charge is 0.348 e. The first-order valence-electron chi connectivity index (χ1n) is 9.26. The molecule has 27 heavy (non-hydrogen) atoms. The molecule has 1 aromatic rings. The van der Waals surface area contributed by atoms with Crippen LogP contribution in [0.1, 0.15) is 10.9 Å². The smallest absolute Gasteiger partial charge is 0.237 e. The molecule has 0 unspecified atom stereocenters. The molecule has 2 aliphatic rings. The molecule has 1 aromatic carbocycles. The van der Waals surface area contributed by atoms with Gasteiger partial charge in [-0.25, -0.2) is 4.39 Å². The van der Waals surface area contributed by atoms with Gasteiger partial charge in [-0.05, 0) is 6.07 Å². The number of halogens is 1. The first kappa shape index (κ1) is 20.1. The molecule has 1 atom stereocenters. The number of piperazine rings is 1. The third kappa shape index (κ3) is 5.00. The molecule has 2 aliphatic heterocycles. The maximum atomic E-state index is 14.1. The van der Waals surface area contributed by atoms with Crippen LogP contribution in [-0.2, 0) is 9.59 Å². The predicted molar refractivity (Wildman–Crippen MR) is 105 cm³/mol. The maximum absolute atomic E-state index is 14.1. The number of hydrogen-bond acceptors (Lipinski definition) is 5. The number of amides is 2. The summed E-state index contributed by atoms with van der Waals surface area (Å²) in [5.41, 5.74) is 0.584. The normalized spacial score (nSPS) is 21.4. The number of rotatable bonds is 5. The molecule has 0 aliphatic carbocycles. The van der Waals surface area contributed by atoms with Crippen molar-refractivity contribution in [2.75, 3.05) is 65.7 Å². The number of hydrogen-bond donors (Lipinski definition) is 0. The van der Waals surface area contributed by atoms with E-state index in [1.54, 1.807) is 47.8 Å². The van der Waals surface area contributed by atoms with E-state index in [4.69, 9.17) is 0 Å². The quantitative estimate of drug-likeness (QED) is 0.749. The second-order valence-electron chi connectivity index (χ2n) is 7.17. The van der Waals surface area contributed by atoms with Crippen molar-refractivity contribution in [1.29, 1.82) is 0 Å². The minimum absolute atomic E-state index is 0.0473. The van der Waals surface area contributed by atoms with Crippen LogP contribution in [-0.4, -0.2) is 97.1 Å². The molecular weight excluding hydrogens is 367 g/mol. The van der Waals surface area contributed by atoms with Crippen molar-refractivity contribution in [3.8, 4) is 0 Å². The summed E-state index contributed by atoms with van der Waals surface area (Å²) in [7, 11) is 3.52. The number of carbonyl (C=O) groups excluding carboxylic acids is 2. The maximum Gasteiger partial charge on any atom is 0.237 e. The van der Waals surface area contributed by atoms with Crippen LogP contribution in [0.3, 0.4) is 0 Å². The summed E-state index contributed by atoms with van der Waals surface area (Å²) in [5.74, 6) is 0.715. The number of thioether (sulfide) groups is 1. The summed E-state index contributed by atoms with van der Waals surface area (Å²) in [6, 6.07) is 6.70. The van der Waals surface area contributed by atoms with Gasteiger partial charge < -0.3 is 9.80 Å². The summed E-state index contributed by atoms with van der Waals surface area (Å²) >= 11 is 1.61. The number of carbonyl (C=O) groups is 2. The minimum atomic E-state index is -0.256. The fourth-order valence-electron chi connectivity index (χ4n) is 3.38. The highest BCUT2D eigenvalue weighted by Crippen LogP contribution is 2.38. The zero-order chi connectivity index (χ0) is 19.4. The van der Waals surface area contributed by atoms with E-state index in [0.717, 1.165) is 31.9 Å². The van der Waals surface area contributed by atoms with Gasteiger partial charge in [0.2, 0.25) is 11.8 Å². The molecule has 2 saturated heterocycles. The Morgan fingerprint density at radius 3 is 2.33 bits per heavy atom. The average molecular weight is 395 g/mol. The van der Waals surface area contributed by atoms with Crippen LogP contribution < -0.4 is 0 Å². The van der Waals surface area contributed by atoms with Gasteiger partial charge in [-0.2, -0.15) is 0 Å². The van der Waals surface area contributed by atoms with Crippen molar-refractivity contribution in [2.45, 2.75) is 5.37 Å². The SMILES string of the molecule is CN(C)C(=O)CN1CCN(CC(=O)N2CCS[C@H]2c2ccccc2F)CC1. The van der Waals surface area contributed by atoms with Gasteiger partial charge in [0, 0.05) is 58.1 Å². The lowest BCUT2D eigenvalue weighted by atomic mass is 10.2. The van der Waals surface area contributed by atoms with Gasteiger partial charge in [-0.1, -0.05) is 18.2 Å². The van der Waals surface area contributed by atoms with Crippen LogP contribution in [0.25, 0.3) is 0 Å².